The molecule has 1 aromatic rings. The smallest absolute Gasteiger partial charge is 0.129 e. The number of piperidine rings is 1. The maximum Gasteiger partial charge on any atom is 0.129 e. The Morgan fingerprint density at radius 2 is 2.06 bits per heavy atom. The molecular formula is C13H18FNO. The fourth-order valence-corrected chi connectivity index (χ4v) is 2.37. The summed E-state index contributed by atoms with van der Waals surface area (Å²) in [6.45, 7) is 3.73. The van der Waals surface area contributed by atoms with Gasteiger partial charge < -0.3 is 10.4 Å². The number of benzene rings is 1. The van der Waals surface area contributed by atoms with Gasteiger partial charge in [-0.05, 0) is 68.5 Å². The van der Waals surface area contributed by atoms with E-state index in [0.717, 1.165) is 32.4 Å². The number of nitrogens with one attached hydrogen (secondary N) is 1. The highest BCUT2D eigenvalue weighted by atomic mass is 19.1. The third-order valence-electron chi connectivity index (χ3n) is 3.28. The zero-order chi connectivity index (χ0) is 11.5. The van der Waals surface area contributed by atoms with Crippen molar-refractivity contribution in [2.45, 2.75) is 26.2 Å². The van der Waals surface area contributed by atoms with Crippen LogP contribution in [0.2, 0.25) is 0 Å². The average molecular weight is 223 g/mol. The molecule has 0 amide bonds. The van der Waals surface area contributed by atoms with Gasteiger partial charge in [-0.25, -0.2) is 4.39 Å². The second-order valence-electron chi connectivity index (χ2n) is 4.63. The summed E-state index contributed by atoms with van der Waals surface area (Å²) < 4.78 is 13.8. The van der Waals surface area contributed by atoms with Gasteiger partial charge in [-0.2, -0.15) is 0 Å². The Morgan fingerprint density at radius 1 is 1.38 bits per heavy atom. The Balaban J connectivity index is 2.13. The second-order valence-corrected chi connectivity index (χ2v) is 4.63. The summed E-state index contributed by atoms with van der Waals surface area (Å²) in [5.41, 5.74) is 1.19. The second kappa shape index (κ2) is 4.83. The first kappa shape index (κ1) is 11.4. The molecule has 1 aliphatic heterocycles. The molecule has 88 valence electrons. The molecule has 2 nitrogen and oxygen atoms in total. The van der Waals surface area contributed by atoms with Crippen molar-refractivity contribution in [1.29, 1.82) is 0 Å². The molecule has 0 radical (unpaired) electrons. The third kappa shape index (κ3) is 2.53. The van der Waals surface area contributed by atoms with E-state index in [4.69, 9.17) is 0 Å². The van der Waals surface area contributed by atoms with Crippen molar-refractivity contribution < 1.29 is 9.50 Å². The van der Waals surface area contributed by atoms with Gasteiger partial charge in [0.25, 0.3) is 0 Å². The zero-order valence-electron chi connectivity index (χ0n) is 9.59. The van der Waals surface area contributed by atoms with E-state index >= 15 is 0 Å². The molecule has 0 unspecified atom stereocenters. The Morgan fingerprint density at radius 3 is 2.75 bits per heavy atom. The van der Waals surface area contributed by atoms with Crippen molar-refractivity contribution in [3.8, 4) is 5.75 Å². The quantitative estimate of drug-likeness (QED) is 0.806. The van der Waals surface area contributed by atoms with Crippen LogP contribution < -0.4 is 5.32 Å². The standard InChI is InChI=1S/C13H18FNO/c1-9-6-12(16)8-11(13(9)14)7-10-2-4-15-5-3-10/h6,8,10,15-16H,2-5,7H2,1H3. The first-order valence-electron chi connectivity index (χ1n) is 5.85. The Kier molecular flexibility index (Phi) is 3.44. The van der Waals surface area contributed by atoms with Crippen molar-refractivity contribution >= 4 is 0 Å². The maximum atomic E-state index is 13.8. The molecule has 1 saturated heterocycles. The third-order valence-corrected chi connectivity index (χ3v) is 3.28. The van der Waals surface area contributed by atoms with Gasteiger partial charge in [0.1, 0.15) is 11.6 Å². The summed E-state index contributed by atoms with van der Waals surface area (Å²) in [4.78, 5) is 0. The lowest BCUT2D eigenvalue weighted by Crippen LogP contribution is -2.28. The molecule has 0 aliphatic carbocycles. The Hall–Kier alpha value is -1.09. The van der Waals surface area contributed by atoms with Crippen LogP contribution in [-0.4, -0.2) is 18.2 Å². The van der Waals surface area contributed by atoms with Crippen LogP contribution in [0.4, 0.5) is 4.39 Å². The van der Waals surface area contributed by atoms with E-state index in [1.54, 1.807) is 13.0 Å². The molecule has 0 spiro atoms. The molecule has 3 heteroatoms. The molecule has 0 aromatic heterocycles. The Bertz CT molecular complexity index is 372. The zero-order valence-corrected chi connectivity index (χ0v) is 9.59. The van der Waals surface area contributed by atoms with Crippen LogP contribution in [0.1, 0.15) is 24.0 Å². The molecular weight excluding hydrogens is 205 g/mol. The van der Waals surface area contributed by atoms with Gasteiger partial charge in [0.15, 0.2) is 0 Å². The fourth-order valence-electron chi connectivity index (χ4n) is 2.37. The molecule has 1 fully saturated rings. The lowest BCUT2D eigenvalue weighted by molar-refractivity contribution is 0.367. The highest BCUT2D eigenvalue weighted by Crippen LogP contribution is 2.25. The van der Waals surface area contributed by atoms with Crippen LogP contribution in [0.5, 0.6) is 5.75 Å². The topological polar surface area (TPSA) is 32.3 Å². The monoisotopic (exact) mass is 223 g/mol. The summed E-state index contributed by atoms with van der Waals surface area (Å²) in [6, 6.07) is 3.03. The van der Waals surface area contributed by atoms with Gasteiger partial charge in [-0.1, -0.05) is 0 Å². The fraction of sp³-hybridized carbons (Fsp3) is 0.538. The van der Waals surface area contributed by atoms with Crippen LogP contribution in [0.15, 0.2) is 12.1 Å². The molecule has 16 heavy (non-hydrogen) atoms. The highest BCUT2D eigenvalue weighted by Gasteiger charge is 2.16. The van der Waals surface area contributed by atoms with E-state index in [1.807, 2.05) is 0 Å². The van der Waals surface area contributed by atoms with Crippen LogP contribution in [0, 0.1) is 18.7 Å². The van der Waals surface area contributed by atoms with E-state index in [-0.39, 0.29) is 11.6 Å². The van der Waals surface area contributed by atoms with E-state index in [2.05, 4.69) is 5.32 Å². The molecule has 1 heterocycles. The van der Waals surface area contributed by atoms with Gasteiger partial charge in [-0.3, -0.25) is 0 Å². The minimum absolute atomic E-state index is 0.156. The average Bonchev–Trinajstić information content (AvgIpc) is 2.27. The molecule has 1 aliphatic rings. The minimum Gasteiger partial charge on any atom is -0.508 e. The number of rotatable bonds is 2. The summed E-state index contributed by atoms with van der Waals surface area (Å²) in [6.07, 6.45) is 2.92. The first-order valence-corrected chi connectivity index (χ1v) is 5.85. The molecule has 1 aromatic carbocycles. The van der Waals surface area contributed by atoms with Crippen molar-refractivity contribution in [2.24, 2.45) is 5.92 Å². The maximum absolute atomic E-state index is 13.8. The lowest BCUT2D eigenvalue weighted by Gasteiger charge is -2.23. The number of aromatic hydroxyl groups is 1. The molecule has 2 N–H and O–H groups in total. The van der Waals surface area contributed by atoms with E-state index in [9.17, 15) is 9.50 Å². The predicted molar refractivity (Wildman–Crippen MR) is 62.1 cm³/mol. The van der Waals surface area contributed by atoms with Crippen LogP contribution in [0.25, 0.3) is 0 Å². The van der Waals surface area contributed by atoms with Gasteiger partial charge in [-0.15, -0.1) is 0 Å². The minimum atomic E-state index is -0.156. The molecule has 0 atom stereocenters. The molecule has 2 rings (SSSR count). The van der Waals surface area contributed by atoms with Crippen LogP contribution in [-0.2, 0) is 6.42 Å². The van der Waals surface area contributed by atoms with Crippen molar-refractivity contribution in [2.75, 3.05) is 13.1 Å². The van der Waals surface area contributed by atoms with Crippen molar-refractivity contribution in [3.05, 3.63) is 29.1 Å². The van der Waals surface area contributed by atoms with Crippen molar-refractivity contribution in [1.82, 2.24) is 5.32 Å². The van der Waals surface area contributed by atoms with E-state index in [1.165, 1.54) is 6.07 Å². The summed E-state index contributed by atoms with van der Waals surface area (Å²) >= 11 is 0. The number of phenolic OH excluding ortho intramolecular Hbond substituents is 1. The lowest BCUT2D eigenvalue weighted by atomic mass is 9.90. The highest BCUT2D eigenvalue weighted by molar-refractivity contribution is 5.34. The number of hydrogen-bond donors (Lipinski definition) is 2. The molecule has 0 bridgehead atoms. The van der Waals surface area contributed by atoms with Crippen LogP contribution >= 0.6 is 0 Å². The van der Waals surface area contributed by atoms with E-state index in [0.29, 0.717) is 17.0 Å². The van der Waals surface area contributed by atoms with Gasteiger partial charge in [0.05, 0.1) is 0 Å². The largest absolute Gasteiger partial charge is 0.508 e. The number of halogens is 1. The summed E-state index contributed by atoms with van der Waals surface area (Å²) in [5.74, 6) is 0.552. The number of phenols is 1. The Labute approximate surface area is 95.5 Å². The van der Waals surface area contributed by atoms with Crippen molar-refractivity contribution in [3.63, 3.8) is 0 Å². The number of aryl methyl sites for hydroxylation is 1. The van der Waals surface area contributed by atoms with Gasteiger partial charge in [0.2, 0.25) is 0 Å². The predicted octanol–water partition coefficient (Wildman–Crippen LogP) is 2.38. The normalized spacial score (nSPS) is 17.6. The van der Waals surface area contributed by atoms with Gasteiger partial charge in [0, 0.05) is 0 Å². The van der Waals surface area contributed by atoms with Gasteiger partial charge >= 0.3 is 0 Å². The summed E-state index contributed by atoms with van der Waals surface area (Å²) in [5, 5.41) is 12.8. The van der Waals surface area contributed by atoms with Crippen LogP contribution in [0.3, 0.4) is 0 Å². The molecule has 0 saturated carbocycles. The first-order chi connectivity index (χ1) is 7.66. The SMILES string of the molecule is Cc1cc(O)cc(CC2CCNCC2)c1F. The van der Waals surface area contributed by atoms with E-state index < -0.39 is 0 Å². The summed E-state index contributed by atoms with van der Waals surface area (Å²) in [7, 11) is 0. The number of hydrogen-bond acceptors (Lipinski definition) is 2.